The Balaban J connectivity index is 0.000000172. The van der Waals surface area contributed by atoms with Gasteiger partial charge >= 0.3 is 12.0 Å². The molecular formula is C38H48F2N8O6S2. The van der Waals surface area contributed by atoms with Crippen LogP contribution in [0.1, 0.15) is 127 Å². The summed E-state index contributed by atoms with van der Waals surface area (Å²) in [5, 5.41) is 19.6. The molecule has 0 unspecified atom stereocenters. The fraction of sp³-hybridized carbons (Fsp3) is 0.553. The average molecular weight is 815 g/mol. The molecule has 0 amide bonds. The van der Waals surface area contributed by atoms with E-state index in [2.05, 4.69) is 30.7 Å². The monoisotopic (exact) mass is 814 g/mol. The van der Waals surface area contributed by atoms with Gasteiger partial charge in [-0.2, -0.15) is 8.61 Å². The van der Waals surface area contributed by atoms with Crippen LogP contribution < -0.4 is 5.32 Å². The van der Waals surface area contributed by atoms with Gasteiger partial charge in [0.1, 0.15) is 23.7 Å². The largest absolute Gasteiger partial charge is 0.406 e. The van der Waals surface area contributed by atoms with Crippen molar-refractivity contribution in [2.75, 3.05) is 18.4 Å². The molecule has 0 radical (unpaired) electrons. The summed E-state index contributed by atoms with van der Waals surface area (Å²) in [6, 6.07) is 9.60. The molecule has 4 aromatic rings. The van der Waals surface area contributed by atoms with Gasteiger partial charge in [-0.3, -0.25) is 0 Å². The van der Waals surface area contributed by atoms with E-state index < -0.39 is 43.8 Å². The lowest BCUT2D eigenvalue weighted by Crippen LogP contribution is -2.38. The lowest BCUT2D eigenvalue weighted by molar-refractivity contribution is 0.220. The van der Waals surface area contributed by atoms with Gasteiger partial charge < -0.3 is 14.2 Å². The van der Waals surface area contributed by atoms with Crippen LogP contribution in [0.2, 0.25) is 0 Å². The Bertz CT molecular complexity index is 2150. The average Bonchev–Trinajstić information content (AvgIpc) is 3.89. The maximum atomic E-state index is 13.2. The zero-order valence-electron chi connectivity index (χ0n) is 31.2. The highest BCUT2D eigenvalue weighted by atomic mass is 32.2. The van der Waals surface area contributed by atoms with Crippen molar-refractivity contribution in [2.24, 2.45) is 4.99 Å². The summed E-state index contributed by atoms with van der Waals surface area (Å²) in [7, 11) is -7.57. The molecule has 8 rings (SSSR count). The number of benzene rings is 2. The highest BCUT2D eigenvalue weighted by Crippen LogP contribution is 2.37. The van der Waals surface area contributed by atoms with E-state index in [4.69, 9.17) is 8.83 Å². The normalized spacial score (nSPS) is 21.9. The van der Waals surface area contributed by atoms with E-state index in [0.29, 0.717) is 43.9 Å². The number of nitrogens with one attached hydrogen (secondary N) is 1. The Kier molecular flexibility index (Phi) is 12.9. The third-order valence-corrected chi connectivity index (χ3v) is 14.7. The minimum absolute atomic E-state index is 0.0583. The molecule has 14 nitrogen and oxygen atoms in total. The van der Waals surface area contributed by atoms with Gasteiger partial charge in [0.2, 0.25) is 31.8 Å². The van der Waals surface area contributed by atoms with Crippen LogP contribution in [-0.2, 0) is 20.0 Å². The molecule has 18 heteroatoms. The van der Waals surface area contributed by atoms with Gasteiger partial charge in [0.05, 0.1) is 9.79 Å². The molecule has 0 bridgehead atoms. The summed E-state index contributed by atoms with van der Waals surface area (Å²) in [5.74, 6) is -0.369. The van der Waals surface area contributed by atoms with Gasteiger partial charge in [-0.1, -0.05) is 48.7 Å². The minimum atomic E-state index is -3.79. The topological polar surface area (TPSA) is 177 Å². The Labute approximate surface area is 326 Å². The Morgan fingerprint density at radius 3 is 1.62 bits per heavy atom. The summed E-state index contributed by atoms with van der Waals surface area (Å²) < 4.78 is 93.1. The first-order valence-corrected chi connectivity index (χ1v) is 22.5. The molecule has 2 aromatic carbocycles. The van der Waals surface area contributed by atoms with Gasteiger partial charge in [0.15, 0.2) is 0 Å². The summed E-state index contributed by atoms with van der Waals surface area (Å²) in [6.45, 7) is 0.731. The molecule has 2 aromatic heterocycles. The Morgan fingerprint density at radius 1 is 0.589 bits per heavy atom. The molecule has 2 saturated heterocycles. The third-order valence-electron chi connectivity index (χ3n) is 10.8. The number of aliphatic imine (C=N–C) groups is 1. The molecule has 2 saturated carbocycles. The molecule has 0 spiro atoms. The van der Waals surface area contributed by atoms with E-state index in [9.17, 15) is 25.6 Å². The quantitative estimate of drug-likeness (QED) is 0.173. The van der Waals surface area contributed by atoms with E-state index in [-0.39, 0.29) is 21.7 Å². The highest BCUT2D eigenvalue weighted by molar-refractivity contribution is 7.89. The molecular weight excluding hydrogens is 767 g/mol. The molecule has 4 fully saturated rings. The van der Waals surface area contributed by atoms with E-state index in [1.54, 1.807) is 0 Å². The van der Waals surface area contributed by atoms with Crippen molar-refractivity contribution < 1.29 is 34.5 Å². The van der Waals surface area contributed by atoms with Crippen molar-refractivity contribution in [2.45, 2.75) is 131 Å². The second kappa shape index (κ2) is 18.0. The molecule has 302 valence electrons. The summed E-state index contributed by atoms with van der Waals surface area (Å²) in [4.78, 5) is 4.58. The number of sulfonamides is 2. The fourth-order valence-electron chi connectivity index (χ4n) is 7.83. The SMILES string of the molecule is O=S(=O)(c1ccc(F)cc1)N1CCCC[C@H]1c1nnc(N=C2CCCCC2)o1.O=S(=O)(c1ccc(F)cc1)N1CCCC[C@H]1c1nnc(NC2CCCCC2)o1. The first-order chi connectivity index (χ1) is 27.1. The van der Waals surface area contributed by atoms with Crippen molar-refractivity contribution in [1.82, 2.24) is 29.0 Å². The zero-order valence-corrected chi connectivity index (χ0v) is 32.9. The van der Waals surface area contributed by atoms with Crippen LogP contribution in [-0.4, -0.2) is 70.7 Å². The van der Waals surface area contributed by atoms with Crippen LogP contribution in [0.4, 0.5) is 20.8 Å². The number of hydrogen-bond acceptors (Lipinski definition) is 12. The van der Waals surface area contributed by atoms with E-state index >= 15 is 0 Å². The van der Waals surface area contributed by atoms with Crippen molar-refractivity contribution in [3.8, 4) is 0 Å². The standard InChI is InChI=1S/C19H25FN4O3S.C19H23FN4O3S/c2*20-14-9-11-16(12-10-14)28(25,26)24-13-5-4-8-17(24)18-22-23-19(27-18)21-15-6-2-1-3-7-15/h9-12,15,17H,1-8,13H2,(H,21,23);9-12,17H,1-8,13H2/t2*17-/m00/s1. The molecule has 56 heavy (non-hydrogen) atoms. The Morgan fingerprint density at radius 2 is 1.07 bits per heavy atom. The van der Waals surface area contributed by atoms with Gasteiger partial charge in [0.25, 0.3) is 0 Å². The van der Waals surface area contributed by atoms with Crippen molar-refractivity contribution in [3.05, 3.63) is 71.9 Å². The fourth-order valence-corrected chi connectivity index (χ4v) is 11.1. The van der Waals surface area contributed by atoms with Crippen LogP contribution in [0.25, 0.3) is 0 Å². The van der Waals surface area contributed by atoms with Gasteiger partial charge in [-0.15, -0.1) is 10.2 Å². The van der Waals surface area contributed by atoms with Crippen molar-refractivity contribution in [3.63, 3.8) is 0 Å². The van der Waals surface area contributed by atoms with Crippen LogP contribution in [0.5, 0.6) is 0 Å². The number of aromatic nitrogens is 4. The zero-order chi connectivity index (χ0) is 39.1. The van der Waals surface area contributed by atoms with Crippen LogP contribution >= 0.6 is 0 Å². The van der Waals surface area contributed by atoms with Gasteiger partial charge in [0, 0.05) is 24.8 Å². The number of rotatable bonds is 9. The predicted molar refractivity (Wildman–Crippen MR) is 203 cm³/mol. The minimum Gasteiger partial charge on any atom is -0.406 e. The van der Waals surface area contributed by atoms with E-state index in [0.717, 1.165) is 94.2 Å². The second-order valence-electron chi connectivity index (χ2n) is 14.7. The maximum Gasteiger partial charge on any atom is 0.342 e. The van der Waals surface area contributed by atoms with Crippen molar-refractivity contribution in [1.29, 1.82) is 0 Å². The number of nitrogens with zero attached hydrogens (tertiary/aromatic N) is 7. The second-order valence-corrected chi connectivity index (χ2v) is 18.5. The van der Waals surface area contributed by atoms with Crippen LogP contribution in [0.15, 0.2) is 72.1 Å². The highest BCUT2D eigenvalue weighted by Gasteiger charge is 2.39. The lowest BCUT2D eigenvalue weighted by atomic mass is 9.96. The number of hydrogen-bond donors (Lipinski definition) is 1. The summed E-state index contributed by atoms with van der Waals surface area (Å²) >= 11 is 0. The molecule has 2 aliphatic heterocycles. The summed E-state index contributed by atoms with van der Waals surface area (Å²) in [5.41, 5.74) is 1.06. The number of anilines is 1. The first kappa shape index (κ1) is 40.1. The van der Waals surface area contributed by atoms with E-state index in [1.807, 2.05) is 0 Å². The van der Waals surface area contributed by atoms with Gasteiger partial charge in [-0.25, -0.2) is 30.6 Å². The number of piperidine rings is 2. The van der Waals surface area contributed by atoms with Crippen LogP contribution in [0, 0.1) is 11.6 Å². The smallest absolute Gasteiger partial charge is 0.342 e. The molecule has 2 atom stereocenters. The maximum absolute atomic E-state index is 13.2. The molecule has 1 N–H and O–H groups in total. The Hall–Kier alpha value is -4.13. The first-order valence-electron chi connectivity index (χ1n) is 19.6. The molecule has 2 aliphatic carbocycles. The van der Waals surface area contributed by atoms with Gasteiger partial charge in [-0.05, 0) is 113 Å². The van der Waals surface area contributed by atoms with E-state index in [1.165, 1.54) is 58.6 Å². The predicted octanol–water partition coefficient (Wildman–Crippen LogP) is 8.03. The third kappa shape index (κ3) is 9.52. The van der Waals surface area contributed by atoms with Crippen LogP contribution in [0.3, 0.4) is 0 Å². The number of halogens is 2. The van der Waals surface area contributed by atoms with Crippen molar-refractivity contribution >= 4 is 37.8 Å². The summed E-state index contributed by atoms with van der Waals surface area (Å²) in [6.07, 6.45) is 15.6. The lowest BCUT2D eigenvalue weighted by Gasteiger charge is -2.32. The molecule has 4 aliphatic rings. The molecule has 4 heterocycles.